The van der Waals surface area contributed by atoms with Gasteiger partial charge in [-0.15, -0.1) is 0 Å². The normalized spacial score (nSPS) is 15.2. The third-order valence-electron chi connectivity index (χ3n) is 3.79. The van der Waals surface area contributed by atoms with Crippen LogP contribution in [0.3, 0.4) is 0 Å². The van der Waals surface area contributed by atoms with Gasteiger partial charge in [-0.05, 0) is 33.6 Å². The summed E-state index contributed by atoms with van der Waals surface area (Å²) >= 11 is 0. The highest BCUT2D eigenvalue weighted by atomic mass is 28.3. The van der Waals surface area contributed by atoms with Crippen molar-refractivity contribution in [1.29, 1.82) is 0 Å². The minimum absolute atomic E-state index is 0.949. The third kappa shape index (κ3) is 1.37. The largest absolute Gasteiger partial charge is 0.497 e. The predicted octanol–water partition coefficient (Wildman–Crippen LogP) is 2.50. The van der Waals surface area contributed by atoms with E-state index in [9.17, 15) is 0 Å². The number of hydrogen-bond acceptors (Lipinski definition) is 1. The number of benzene rings is 2. The second kappa shape index (κ2) is 3.47. The molecule has 17 heavy (non-hydrogen) atoms. The number of ether oxygens (including phenoxy) is 1. The molecule has 1 heterocycles. The van der Waals surface area contributed by atoms with Crippen LogP contribution in [0.5, 0.6) is 5.75 Å². The van der Waals surface area contributed by atoms with Crippen molar-refractivity contribution in [3.8, 4) is 16.9 Å². The van der Waals surface area contributed by atoms with Gasteiger partial charge in [0.05, 0.1) is 7.11 Å². The van der Waals surface area contributed by atoms with Gasteiger partial charge in [0.25, 0.3) is 0 Å². The maximum atomic E-state index is 5.34. The monoisotopic (exact) mass is 240 g/mol. The van der Waals surface area contributed by atoms with E-state index in [-0.39, 0.29) is 0 Å². The predicted molar refractivity (Wildman–Crippen MR) is 75.2 cm³/mol. The molecular formula is C15H16OSi. The first-order chi connectivity index (χ1) is 8.14. The van der Waals surface area contributed by atoms with E-state index in [4.69, 9.17) is 4.74 Å². The first kappa shape index (κ1) is 10.6. The Hall–Kier alpha value is -1.54. The molecule has 1 aliphatic heterocycles. The van der Waals surface area contributed by atoms with Gasteiger partial charge >= 0.3 is 0 Å². The molecule has 0 saturated heterocycles. The Morgan fingerprint density at radius 3 is 2.35 bits per heavy atom. The van der Waals surface area contributed by atoms with Crippen LogP contribution in [0, 0.1) is 0 Å². The van der Waals surface area contributed by atoms with Crippen molar-refractivity contribution in [3.63, 3.8) is 0 Å². The van der Waals surface area contributed by atoms with Crippen molar-refractivity contribution in [1.82, 2.24) is 0 Å². The zero-order valence-corrected chi connectivity index (χ0v) is 11.4. The zero-order chi connectivity index (χ0) is 12.0. The Balaban J connectivity index is 2.33. The second-order valence-electron chi connectivity index (χ2n) is 5.08. The van der Waals surface area contributed by atoms with Gasteiger partial charge in [0, 0.05) is 0 Å². The van der Waals surface area contributed by atoms with E-state index in [0.717, 1.165) is 5.75 Å². The van der Waals surface area contributed by atoms with E-state index in [1.165, 1.54) is 16.3 Å². The summed E-state index contributed by atoms with van der Waals surface area (Å²) in [7, 11) is 0.255. The highest BCUT2D eigenvalue weighted by Crippen LogP contribution is 2.30. The Bertz CT molecular complexity index is 587. The van der Waals surface area contributed by atoms with Crippen LogP contribution in [0.2, 0.25) is 13.1 Å². The lowest BCUT2D eigenvalue weighted by Gasteiger charge is -2.18. The van der Waals surface area contributed by atoms with Crippen molar-refractivity contribution in [3.05, 3.63) is 42.5 Å². The Labute approximate surface area is 103 Å². The quantitative estimate of drug-likeness (QED) is 0.696. The summed E-state index contributed by atoms with van der Waals surface area (Å²) in [6, 6.07) is 15.3. The molecule has 2 aromatic carbocycles. The molecule has 2 heteroatoms. The minimum atomic E-state index is -1.47. The Morgan fingerprint density at radius 2 is 1.59 bits per heavy atom. The van der Waals surface area contributed by atoms with Gasteiger partial charge < -0.3 is 4.74 Å². The lowest BCUT2D eigenvalue weighted by atomic mass is 10.1. The van der Waals surface area contributed by atoms with E-state index in [1.54, 1.807) is 12.3 Å². The molecule has 0 fully saturated rings. The van der Waals surface area contributed by atoms with Gasteiger partial charge in [-0.2, -0.15) is 0 Å². The third-order valence-corrected chi connectivity index (χ3v) is 7.36. The van der Waals surface area contributed by atoms with Crippen LogP contribution >= 0.6 is 0 Å². The van der Waals surface area contributed by atoms with Crippen molar-refractivity contribution in [2.45, 2.75) is 13.1 Å². The summed E-state index contributed by atoms with van der Waals surface area (Å²) < 4.78 is 5.34. The van der Waals surface area contributed by atoms with Gasteiger partial charge in [-0.25, -0.2) is 0 Å². The van der Waals surface area contributed by atoms with Crippen molar-refractivity contribution in [2.24, 2.45) is 0 Å². The Kier molecular flexibility index (Phi) is 2.17. The lowest BCUT2D eigenvalue weighted by molar-refractivity contribution is 0.415. The maximum Gasteiger partial charge on any atom is 0.119 e. The first-order valence-corrected chi connectivity index (χ1v) is 8.93. The molecule has 0 spiro atoms. The molecule has 1 nitrogen and oxygen atoms in total. The fourth-order valence-corrected chi connectivity index (χ4v) is 5.90. The molecule has 0 aliphatic carbocycles. The lowest BCUT2D eigenvalue weighted by Crippen LogP contribution is -2.49. The fraction of sp³-hybridized carbons (Fsp3) is 0.200. The maximum absolute atomic E-state index is 5.34. The van der Waals surface area contributed by atoms with Gasteiger partial charge in [-0.3, -0.25) is 0 Å². The van der Waals surface area contributed by atoms with Crippen LogP contribution in [0.4, 0.5) is 0 Å². The van der Waals surface area contributed by atoms with Crippen molar-refractivity contribution < 1.29 is 4.74 Å². The zero-order valence-electron chi connectivity index (χ0n) is 10.4. The van der Waals surface area contributed by atoms with Gasteiger partial charge in [0.15, 0.2) is 0 Å². The SMILES string of the molecule is COc1ccc2c(c1)-c1ccccc1[Si]2(C)C. The van der Waals surface area contributed by atoms with Crippen molar-refractivity contribution >= 4 is 18.4 Å². The molecule has 1 aliphatic rings. The summed E-state index contributed by atoms with van der Waals surface area (Å²) in [4.78, 5) is 0. The molecule has 0 radical (unpaired) electrons. The van der Waals surface area contributed by atoms with E-state index >= 15 is 0 Å². The number of fused-ring (bicyclic) bond motifs is 3. The highest BCUT2D eigenvalue weighted by Gasteiger charge is 2.36. The van der Waals surface area contributed by atoms with E-state index < -0.39 is 8.07 Å². The first-order valence-electron chi connectivity index (χ1n) is 5.93. The van der Waals surface area contributed by atoms with Crippen LogP contribution in [-0.4, -0.2) is 15.2 Å². The summed E-state index contributed by atoms with van der Waals surface area (Å²) in [5, 5.41) is 3.07. The topological polar surface area (TPSA) is 9.23 Å². The molecule has 0 amide bonds. The number of methoxy groups -OCH3 is 1. The standard InChI is InChI=1S/C15H16OSi/c1-16-11-8-9-15-13(10-11)12-6-4-5-7-14(12)17(15,2)3/h4-10H,1-3H3. The van der Waals surface area contributed by atoms with Gasteiger partial charge in [0.1, 0.15) is 13.8 Å². The summed E-state index contributed by atoms with van der Waals surface area (Å²) in [5.41, 5.74) is 2.77. The van der Waals surface area contributed by atoms with Crippen LogP contribution < -0.4 is 15.1 Å². The molecule has 0 N–H and O–H groups in total. The molecular weight excluding hydrogens is 224 g/mol. The number of rotatable bonds is 1. The fourth-order valence-electron chi connectivity index (χ4n) is 2.83. The second-order valence-corrected chi connectivity index (χ2v) is 9.41. The molecule has 2 aromatic rings. The van der Waals surface area contributed by atoms with Crippen LogP contribution in [0.1, 0.15) is 0 Å². The van der Waals surface area contributed by atoms with E-state index in [1.807, 2.05) is 0 Å². The molecule has 3 rings (SSSR count). The average Bonchev–Trinajstić information content (AvgIpc) is 2.59. The number of hydrogen-bond donors (Lipinski definition) is 0. The molecule has 86 valence electrons. The summed E-state index contributed by atoms with van der Waals surface area (Å²) in [6.45, 7) is 4.84. The highest BCUT2D eigenvalue weighted by molar-refractivity contribution is 7.03. The van der Waals surface area contributed by atoms with Crippen molar-refractivity contribution in [2.75, 3.05) is 7.11 Å². The van der Waals surface area contributed by atoms with Gasteiger partial charge in [-0.1, -0.05) is 43.4 Å². The molecule has 0 atom stereocenters. The van der Waals surface area contributed by atoms with E-state index in [2.05, 4.69) is 55.6 Å². The molecule has 0 bridgehead atoms. The Morgan fingerprint density at radius 1 is 0.882 bits per heavy atom. The van der Waals surface area contributed by atoms with E-state index in [0.29, 0.717) is 0 Å². The van der Waals surface area contributed by atoms with Gasteiger partial charge in [0.2, 0.25) is 0 Å². The van der Waals surface area contributed by atoms with Crippen LogP contribution in [0.25, 0.3) is 11.1 Å². The molecule has 0 saturated carbocycles. The summed E-state index contributed by atoms with van der Waals surface area (Å²) in [6.07, 6.45) is 0. The average molecular weight is 240 g/mol. The minimum Gasteiger partial charge on any atom is -0.497 e. The molecule has 0 unspecified atom stereocenters. The smallest absolute Gasteiger partial charge is 0.119 e. The summed E-state index contributed by atoms with van der Waals surface area (Å²) in [5.74, 6) is 0.949. The molecule has 0 aromatic heterocycles. The van der Waals surface area contributed by atoms with Crippen LogP contribution in [0.15, 0.2) is 42.5 Å². The van der Waals surface area contributed by atoms with Crippen LogP contribution in [-0.2, 0) is 0 Å².